The topological polar surface area (TPSA) is 18.5 Å². The van der Waals surface area contributed by atoms with Crippen molar-refractivity contribution in [1.82, 2.24) is 0 Å². The van der Waals surface area contributed by atoms with E-state index in [1.54, 1.807) is 0 Å². The number of hydrogen-bond acceptors (Lipinski definition) is 2. The fourth-order valence-electron chi connectivity index (χ4n) is 1.50. The van der Waals surface area contributed by atoms with Crippen molar-refractivity contribution >= 4 is 8.38 Å². The summed E-state index contributed by atoms with van der Waals surface area (Å²) in [7, 11) is -0.522. The Morgan fingerprint density at radius 2 is 1.58 bits per heavy atom. The first-order valence-electron chi connectivity index (χ1n) is 4.80. The highest BCUT2D eigenvalue weighted by atomic mass is 31.2. The summed E-state index contributed by atoms with van der Waals surface area (Å²) in [6.07, 6.45) is 4.00. The Bertz CT molecular complexity index is 124. The van der Waals surface area contributed by atoms with Crippen LogP contribution < -0.4 is 0 Å². The van der Waals surface area contributed by atoms with Gasteiger partial charge in [-0.2, -0.15) is 0 Å². The molecule has 0 unspecified atom stereocenters. The van der Waals surface area contributed by atoms with E-state index in [0.29, 0.717) is 5.41 Å². The van der Waals surface area contributed by atoms with Crippen LogP contribution in [0.25, 0.3) is 0 Å². The van der Waals surface area contributed by atoms with E-state index in [1.165, 1.54) is 19.3 Å². The molecule has 0 atom stereocenters. The van der Waals surface area contributed by atoms with Crippen LogP contribution in [0.3, 0.4) is 0 Å². The monoisotopic (exact) mass is 190 g/mol. The molecule has 1 aliphatic heterocycles. The highest BCUT2D eigenvalue weighted by molar-refractivity contribution is 7.46. The molecule has 1 saturated carbocycles. The highest BCUT2D eigenvalue weighted by Gasteiger charge is 2.41. The fraction of sp³-hybridized carbons (Fsp3) is 1.00. The molecule has 0 aromatic carbocycles. The minimum absolute atomic E-state index is 0.453. The summed E-state index contributed by atoms with van der Waals surface area (Å²) in [5.74, 6) is 0. The zero-order valence-corrected chi connectivity index (χ0v) is 9.19. The van der Waals surface area contributed by atoms with Crippen molar-refractivity contribution in [3.63, 3.8) is 0 Å². The van der Waals surface area contributed by atoms with Crippen LogP contribution >= 0.6 is 8.38 Å². The molecule has 0 radical (unpaired) electrons. The predicted octanol–water partition coefficient (Wildman–Crippen LogP) is 3.17. The molecule has 72 valence electrons. The van der Waals surface area contributed by atoms with Crippen molar-refractivity contribution in [3.8, 4) is 0 Å². The van der Waals surface area contributed by atoms with E-state index in [9.17, 15) is 0 Å². The van der Waals surface area contributed by atoms with Gasteiger partial charge < -0.3 is 9.05 Å². The summed E-state index contributed by atoms with van der Waals surface area (Å²) in [5, 5.41) is 0. The molecule has 0 bridgehead atoms. The van der Waals surface area contributed by atoms with Crippen LogP contribution in [0.15, 0.2) is 0 Å². The Balaban J connectivity index is 0.000000336. The van der Waals surface area contributed by atoms with E-state index in [-0.39, 0.29) is 0 Å². The summed E-state index contributed by atoms with van der Waals surface area (Å²) in [6.45, 7) is 7.94. The predicted molar refractivity (Wildman–Crippen MR) is 52.4 cm³/mol. The summed E-state index contributed by atoms with van der Waals surface area (Å²) in [5.41, 5.74) is 0.453. The highest BCUT2D eigenvalue weighted by Crippen LogP contribution is 2.51. The Labute approximate surface area is 76.6 Å². The van der Waals surface area contributed by atoms with Crippen LogP contribution in [0.1, 0.15) is 33.1 Å². The van der Waals surface area contributed by atoms with Crippen LogP contribution in [-0.2, 0) is 9.05 Å². The molecular formula is C9H19O2P. The second-order valence-corrected chi connectivity index (χ2v) is 4.74. The van der Waals surface area contributed by atoms with E-state index in [2.05, 4.69) is 0 Å². The lowest BCUT2D eigenvalue weighted by Gasteiger charge is -2.45. The van der Waals surface area contributed by atoms with E-state index >= 15 is 0 Å². The maximum atomic E-state index is 5.48. The van der Waals surface area contributed by atoms with Crippen LogP contribution in [0, 0.1) is 5.41 Å². The maximum Gasteiger partial charge on any atom is 0.167 e. The van der Waals surface area contributed by atoms with Gasteiger partial charge in [-0.05, 0) is 12.8 Å². The molecule has 3 heteroatoms. The quantitative estimate of drug-likeness (QED) is 0.546. The summed E-state index contributed by atoms with van der Waals surface area (Å²) < 4.78 is 11.0. The lowest BCUT2D eigenvalue weighted by atomic mass is 9.70. The first kappa shape index (κ1) is 10.4. The summed E-state index contributed by atoms with van der Waals surface area (Å²) in [4.78, 5) is 0. The van der Waals surface area contributed by atoms with Crippen molar-refractivity contribution < 1.29 is 9.05 Å². The molecular weight excluding hydrogens is 171 g/mol. The minimum atomic E-state index is -0.522. The van der Waals surface area contributed by atoms with Gasteiger partial charge in [0.15, 0.2) is 8.38 Å². The Kier molecular flexibility index (Phi) is 3.95. The molecule has 1 spiro atoms. The lowest BCUT2D eigenvalue weighted by molar-refractivity contribution is -0.0223. The second kappa shape index (κ2) is 4.55. The second-order valence-electron chi connectivity index (χ2n) is 3.34. The first-order chi connectivity index (χ1) is 5.81. The number of rotatable bonds is 0. The van der Waals surface area contributed by atoms with Gasteiger partial charge in [0.1, 0.15) is 0 Å². The van der Waals surface area contributed by atoms with Crippen molar-refractivity contribution in [1.29, 1.82) is 0 Å². The Morgan fingerprint density at radius 1 is 1.08 bits per heavy atom. The molecule has 1 aliphatic carbocycles. The van der Waals surface area contributed by atoms with Gasteiger partial charge >= 0.3 is 0 Å². The van der Waals surface area contributed by atoms with Gasteiger partial charge in [0, 0.05) is 12.1 Å². The van der Waals surface area contributed by atoms with Crippen LogP contribution in [0.4, 0.5) is 0 Å². The van der Waals surface area contributed by atoms with Gasteiger partial charge in [-0.15, -0.1) is 0 Å². The standard InChI is InChI=1S/C7H13O2P.C2H6/c1-10-8-5-7(6-9-10)3-2-4-7;1-2/h2-6H2,1H3;1-2H3. The lowest BCUT2D eigenvalue weighted by Crippen LogP contribution is -2.40. The molecule has 2 fully saturated rings. The Morgan fingerprint density at radius 3 is 1.92 bits per heavy atom. The van der Waals surface area contributed by atoms with Crippen molar-refractivity contribution in [2.45, 2.75) is 33.1 Å². The van der Waals surface area contributed by atoms with Gasteiger partial charge in [-0.25, -0.2) is 0 Å². The minimum Gasteiger partial charge on any atom is -0.334 e. The third-order valence-corrected chi connectivity index (χ3v) is 3.50. The molecule has 2 nitrogen and oxygen atoms in total. The molecule has 0 amide bonds. The van der Waals surface area contributed by atoms with Gasteiger partial charge in [0.25, 0.3) is 0 Å². The van der Waals surface area contributed by atoms with Gasteiger partial charge in [0.05, 0.1) is 13.2 Å². The van der Waals surface area contributed by atoms with E-state index < -0.39 is 8.38 Å². The molecule has 1 saturated heterocycles. The molecule has 2 rings (SSSR count). The molecule has 0 N–H and O–H groups in total. The zero-order chi connectivity index (χ0) is 9.03. The molecule has 0 aromatic rings. The summed E-state index contributed by atoms with van der Waals surface area (Å²) in [6, 6.07) is 0. The van der Waals surface area contributed by atoms with Crippen LogP contribution in [0.2, 0.25) is 0 Å². The Hall–Kier alpha value is 0.350. The van der Waals surface area contributed by atoms with E-state index in [1.807, 2.05) is 20.5 Å². The van der Waals surface area contributed by atoms with Crippen LogP contribution in [-0.4, -0.2) is 19.9 Å². The molecule has 2 aliphatic rings. The van der Waals surface area contributed by atoms with Crippen LogP contribution in [0.5, 0.6) is 0 Å². The molecule has 0 aromatic heterocycles. The third-order valence-electron chi connectivity index (χ3n) is 2.52. The van der Waals surface area contributed by atoms with E-state index in [4.69, 9.17) is 9.05 Å². The zero-order valence-electron chi connectivity index (χ0n) is 8.30. The first-order valence-corrected chi connectivity index (χ1v) is 6.43. The normalized spacial score (nSPS) is 27.2. The average Bonchev–Trinajstić information content (AvgIpc) is 2.07. The third kappa shape index (κ3) is 2.18. The fourth-order valence-corrected chi connectivity index (χ4v) is 2.49. The van der Waals surface area contributed by atoms with Crippen molar-refractivity contribution in [2.75, 3.05) is 19.9 Å². The summed E-state index contributed by atoms with van der Waals surface area (Å²) >= 11 is 0. The number of hydrogen-bond donors (Lipinski definition) is 0. The van der Waals surface area contributed by atoms with Gasteiger partial charge in [-0.3, -0.25) is 0 Å². The molecule has 1 heterocycles. The largest absolute Gasteiger partial charge is 0.334 e. The molecule has 12 heavy (non-hydrogen) atoms. The smallest absolute Gasteiger partial charge is 0.167 e. The maximum absolute atomic E-state index is 5.48. The van der Waals surface area contributed by atoms with Crippen molar-refractivity contribution in [3.05, 3.63) is 0 Å². The van der Waals surface area contributed by atoms with Gasteiger partial charge in [-0.1, -0.05) is 20.3 Å². The van der Waals surface area contributed by atoms with E-state index in [0.717, 1.165) is 13.2 Å². The average molecular weight is 190 g/mol. The SMILES string of the molecule is CC.CP1OCC2(CCC2)CO1. The van der Waals surface area contributed by atoms with Gasteiger partial charge in [0.2, 0.25) is 0 Å². The van der Waals surface area contributed by atoms with Crippen molar-refractivity contribution in [2.24, 2.45) is 5.41 Å².